The van der Waals surface area contributed by atoms with E-state index < -0.39 is 11.9 Å². The molecule has 1 fully saturated rings. The van der Waals surface area contributed by atoms with Gasteiger partial charge in [-0.1, -0.05) is 6.07 Å². The van der Waals surface area contributed by atoms with Gasteiger partial charge >= 0.3 is 5.97 Å². The summed E-state index contributed by atoms with van der Waals surface area (Å²) < 4.78 is 0. The molecule has 6 heteroatoms. The second-order valence-corrected chi connectivity index (χ2v) is 8.25. The highest BCUT2D eigenvalue weighted by molar-refractivity contribution is 7.16. The number of carboxylic acids is 1. The van der Waals surface area contributed by atoms with Crippen LogP contribution < -0.4 is 0 Å². The molecule has 0 bridgehead atoms. The number of allylic oxidation sites excluding steroid dienone is 3. The van der Waals surface area contributed by atoms with Gasteiger partial charge in [-0.3, -0.25) is 4.79 Å². The molecule has 4 rings (SSSR count). The Kier molecular flexibility index (Phi) is 4.38. The summed E-state index contributed by atoms with van der Waals surface area (Å²) in [4.78, 5) is 32.2. The average Bonchev–Trinajstić information content (AvgIpc) is 3.34. The van der Waals surface area contributed by atoms with Gasteiger partial charge in [0.25, 0.3) is 0 Å². The number of fused-ring (bicyclic) bond motifs is 1. The number of aromatic nitrogens is 1. The van der Waals surface area contributed by atoms with Gasteiger partial charge in [0.05, 0.1) is 5.57 Å². The lowest BCUT2D eigenvalue weighted by Gasteiger charge is -2.37. The molecular weight excluding hydrogens is 360 g/mol. The fraction of sp³-hybridized carbons (Fsp3) is 0.381. The molecule has 2 aromatic rings. The number of aliphatic carboxylic acids is 1. The molecule has 27 heavy (non-hydrogen) atoms. The van der Waals surface area contributed by atoms with E-state index in [1.54, 1.807) is 6.20 Å². The molecule has 1 aliphatic heterocycles. The van der Waals surface area contributed by atoms with Gasteiger partial charge in [0.15, 0.2) is 5.78 Å². The van der Waals surface area contributed by atoms with Crippen LogP contribution >= 0.6 is 11.3 Å². The van der Waals surface area contributed by atoms with Gasteiger partial charge in [0.1, 0.15) is 4.83 Å². The second kappa shape index (κ2) is 6.60. The van der Waals surface area contributed by atoms with Crippen molar-refractivity contribution in [1.29, 1.82) is 0 Å². The quantitative estimate of drug-likeness (QED) is 0.834. The first-order valence-corrected chi connectivity index (χ1v) is 10.0. The van der Waals surface area contributed by atoms with Crippen LogP contribution in [0.3, 0.4) is 0 Å². The maximum atomic E-state index is 12.7. The largest absolute Gasteiger partial charge is 0.478 e. The van der Waals surface area contributed by atoms with Crippen LogP contribution in [0.4, 0.5) is 0 Å². The highest BCUT2D eigenvalue weighted by atomic mass is 32.1. The van der Waals surface area contributed by atoms with Crippen LogP contribution in [0.2, 0.25) is 0 Å². The molecule has 0 aromatic carbocycles. The topological polar surface area (TPSA) is 70.5 Å². The maximum Gasteiger partial charge on any atom is 0.334 e. The van der Waals surface area contributed by atoms with Crippen molar-refractivity contribution >= 4 is 33.3 Å². The van der Waals surface area contributed by atoms with Crippen LogP contribution in [0.1, 0.15) is 45.1 Å². The summed E-state index contributed by atoms with van der Waals surface area (Å²) in [7, 11) is 0. The number of rotatable bonds is 5. The van der Waals surface area contributed by atoms with E-state index in [0.717, 1.165) is 33.7 Å². The van der Waals surface area contributed by atoms with Gasteiger partial charge < -0.3 is 10.0 Å². The predicted molar refractivity (Wildman–Crippen MR) is 106 cm³/mol. The van der Waals surface area contributed by atoms with Crippen LogP contribution in [-0.4, -0.2) is 33.3 Å². The molecule has 1 aliphatic carbocycles. The molecule has 1 unspecified atom stereocenters. The van der Waals surface area contributed by atoms with Crippen molar-refractivity contribution in [2.45, 2.75) is 39.5 Å². The lowest BCUT2D eigenvalue weighted by atomic mass is 9.78. The Bertz CT molecular complexity index is 975. The fourth-order valence-electron chi connectivity index (χ4n) is 4.09. The highest BCUT2D eigenvalue weighted by Gasteiger charge is 2.40. The van der Waals surface area contributed by atoms with E-state index in [1.807, 2.05) is 36.3 Å². The lowest BCUT2D eigenvalue weighted by molar-refractivity contribution is -0.133. The van der Waals surface area contributed by atoms with E-state index in [-0.39, 0.29) is 5.78 Å². The van der Waals surface area contributed by atoms with Crippen molar-refractivity contribution in [3.8, 4) is 0 Å². The van der Waals surface area contributed by atoms with Crippen LogP contribution in [0.25, 0.3) is 10.2 Å². The number of thiophene rings is 1. The number of carbonyl (C=O) groups excluding carboxylic acids is 1. The van der Waals surface area contributed by atoms with Crippen LogP contribution in [0, 0.1) is 5.92 Å². The zero-order valence-corrected chi connectivity index (χ0v) is 16.5. The molecule has 5 nitrogen and oxygen atoms in total. The van der Waals surface area contributed by atoms with Crippen molar-refractivity contribution in [2.24, 2.45) is 5.92 Å². The van der Waals surface area contributed by atoms with Crippen molar-refractivity contribution in [2.75, 3.05) is 6.54 Å². The standard InChI is InChI=1S/C21H22N2O3S/c1-11-17(13(3)24)19(16-10-27-20-15(16)5-4-8-22-20)18(21(25)26)12(2)23(11)9-14-6-7-14/h4-5,8,10,14,19H,6-7,9H2,1-3H3,(H,25,26). The molecule has 2 aliphatic rings. The van der Waals surface area contributed by atoms with Gasteiger partial charge in [0, 0.05) is 41.0 Å². The minimum atomic E-state index is -0.965. The van der Waals surface area contributed by atoms with E-state index >= 15 is 0 Å². The smallest absolute Gasteiger partial charge is 0.334 e. The Morgan fingerprint density at radius 2 is 1.96 bits per heavy atom. The van der Waals surface area contributed by atoms with Crippen LogP contribution in [0.15, 0.2) is 46.2 Å². The third kappa shape index (κ3) is 2.98. The number of hydrogen-bond donors (Lipinski definition) is 1. The molecule has 0 radical (unpaired) electrons. The Balaban J connectivity index is 1.95. The van der Waals surface area contributed by atoms with Gasteiger partial charge in [-0.25, -0.2) is 9.78 Å². The number of Topliss-reactive ketones (excluding diaryl/α,β-unsaturated/α-hetero) is 1. The molecular formula is C21H22N2O3S. The molecule has 140 valence electrons. The minimum Gasteiger partial charge on any atom is -0.478 e. The van der Waals surface area contributed by atoms with Gasteiger partial charge in [-0.2, -0.15) is 0 Å². The Hall–Kier alpha value is -2.47. The Morgan fingerprint density at radius 3 is 2.59 bits per heavy atom. The number of carbonyl (C=O) groups is 2. The number of pyridine rings is 1. The highest BCUT2D eigenvalue weighted by Crippen LogP contribution is 2.46. The first kappa shape index (κ1) is 17.9. The first-order chi connectivity index (χ1) is 12.9. The van der Waals surface area contributed by atoms with Crippen LogP contribution in [-0.2, 0) is 9.59 Å². The Labute approximate surface area is 162 Å². The van der Waals surface area contributed by atoms with Crippen LogP contribution in [0.5, 0.6) is 0 Å². The summed E-state index contributed by atoms with van der Waals surface area (Å²) in [5.41, 5.74) is 3.36. The summed E-state index contributed by atoms with van der Waals surface area (Å²) >= 11 is 1.48. The van der Waals surface area contributed by atoms with Gasteiger partial charge in [-0.05, 0) is 56.5 Å². The molecule has 1 atom stereocenters. The number of nitrogens with zero attached hydrogens (tertiary/aromatic N) is 2. The summed E-state index contributed by atoms with van der Waals surface area (Å²) in [5, 5.41) is 12.9. The summed E-state index contributed by atoms with van der Waals surface area (Å²) in [6.45, 7) is 6.13. The average molecular weight is 382 g/mol. The molecule has 1 saturated carbocycles. The molecule has 0 amide bonds. The molecule has 0 spiro atoms. The number of ketones is 1. The maximum absolute atomic E-state index is 12.7. The van der Waals surface area contributed by atoms with Gasteiger partial charge in [-0.15, -0.1) is 11.3 Å². The minimum absolute atomic E-state index is 0.0761. The lowest BCUT2D eigenvalue weighted by Crippen LogP contribution is -2.35. The zero-order valence-electron chi connectivity index (χ0n) is 15.7. The van der Waals surface area contributed by atoms with Crippen molar-refractivity contribution in [1.82, 2.24) is 9.88 Å². The van der Waals surface area contributed by atoms with E-state index in [9.17, 15) is 14.7 Å². The monoisotopic (exact) mass is 382 g/mol. The predicted octanol–water partition coefficient (Wildman–Crippen LogP) is 4.33. The summed E-state index contributed by atoms with van der Waals surface area (Å²) in [6.07, 6.45) is 4.06. The molecule has 0 saturated heterocycles. The normalized spacial score (nSPS) is 20.6. The zero-order chi connectivity index (χ0) is 19.3. The molecule has 1 N–H and O–H groups in total. The number of hydrogen-bond acceptors (Lipinski definition) is 5. The van der Waals surface area contributed by atoms with E-state index in [0.29, 0.717) is 17.1 Å². The van der Waals surface area contributed by atoms with E-state index in [2.05, 4.69) is 4.98 Å². The fourth-order valence-corrected chi connectivity index (χ4v) is 5.03. The Morgan fingerprint density at radius 1 is 1.26 bits per heavy atom. The molecule has 2 aromatic heterocycles. The summed E-state index contributed by atoms with van der Waals surface area (Å²) in [6, 6.07) is 3.80. The second-order valence-electron chi connectivity index (χ2n) is 7.39. The van der Waals surface area contributed by atoms with E-state index in [4.69, 9.17) is 0 Å². The third-order valence-electron chi connectivity index (χ3n) is 5.60. The van der Waals surface area contributed by atoms with Gasteiger partial charge in [0.2, 0.25) is 0 Å². The first-order valence-electron chi connectivity index (χ1n) is 9.15. The van der Waals surface area contributed by atoms with Crippen molar-refractivity contribution in [3.63, 3.8) is 0 Å². The third-order valence-corrected chi connectivity index (χ3v) is 6.53. The SMILES string of the molecule is CC(=O)C1=C(C)N(CC2CC2)C(C)=C(C(=O)O)C1c1csc2ncccc12. The van der Waals surface area contributed by atoms with E-state index in [1.165, 1.54) is 31.1 Å². The molecule has 3 heterocycles. The van der Waals surface area contributed by atoms with Crippen molar-refractivity contribution < 1.29 is 14.7 Å². The number of carboxylic acid groups (broad SMARTS) is 1. The van der Waals surface area contributed by atoms with Crippen molar-refractivity contribution in [3.05, 3.63) is 51.8 Å². The summed E-state index contributed by atoms with van der Waals surface area (Å²) in [5.74, 6) is -1.02.